The summed E-state index contributed by atoms with van der Waals surface area (Å²) in [6.45, 7) is 4.51. The number of hydrogen-bond acceptors (Lipinski definition) is 4. The Morgan fingerprint density at radius 3 is 2.60 bits per heavy atom. The Bertz CT molecular complexity index is 491. The minimum absolute atomic E-state index is 0.0691. The molecule has 1 heterocycles. The molecule has 0 saturated heterocycles. The Morgan fingerprint density at radius 2 is 2.00 bits per heavy atom. The van der Waals surface area contributed by atoms with E-state index in [2.05, 4.69) is 20.9 Å². The molecule has 110 valence electrons. The van der Waals surface area contributed by atoms with E-state index in [0.717, 1.165) is 0 Å². The largest absolute Gasteiger partial charge is 0.373 e. The highest BCUT2D eigenvalue weighted by Gasteiger charge is 2.10. The molecule has 6 nitrogen and oxygen atoms in total. The maximum atomic E-state index is 11.9. The highest BCUT2D eigenvalue weighted by molar-refractivity contribution is 6.29. The zero-order valence-electron chi connectivity index (χ0n) is 11.8. The third-order valence-electron chi connectivity index (χ3n) is 2.43. The smallest absolute Gasteiger partial charge is 0.251 e. The highest BCUT2D eigenvalue weighted by atomic mass is 35.5. The molecule has 2 amide bonds. The molecule has 1 aromatic rings. The fourth-order valence-electron chi connectivity index (χ4n) is 1.40. The van der Waals surface area contributed by atoms with Gasteiger partial charge in [-0.3, -0.25) is 9.59 Å². The lowest BCUT2D eigenvalue weighted by Gasteiger charge is -2.09. The summed E-state index contributed by atoms with van der Waals surface area (Å²) in [4.78, 5) is 27.4. The molecule has 1 rings (SSSR count). The van der Waals surface area contributed by atoms with Crippen LogP contribution in [0.25, 0.3) is 0 Å². The molecule has 0 saturated carbocycles. The lowest BCUT2D eigenvalue weighted by Crippen LogP contribution is -2.38. The van der Waals surface area contributed by atoms with Crippen LogP contribution in [0.4, 0.5) is 5.82 Å². The zero-order chi connectivity index (χ0) is 15.1. The van der Waals surface area contributed by atoms with Gasteiger partial charge in [0, 0.05) is 19.2 Å². The van der Waals surface area contributed by atoms with E-state index in [1.165, 1.54) is 6.07 Å². The van der Waals surface area contributed by atoms with Gasteiger partial charge in [-0.15, -0.1) is 0 Å². The SMILES string of the molecule is CNc1cc(C(=O)NCC(=O)NCC(C)C)cc(Cl)n1. The standard InChI is InChI=1S/C13H19ClN4O2/c1-8(2)6-16-12(19)7-17-13(20)9-4-10(14)18-11(5-9)15-3/h4-5,8H,6-7H2,1-3H3,(H,15,18)(H,16,19)(H,17,20). The molecule has 0 aliphatic carbocycles. The Kier molecular flexibility index (Phi) is 6.24. The third-order valence-corrected chi connectivity index (χ3v) is 2.62. The van der Waals surface area contributed by atoms with E-state index in [0.29, 0.717) is 23.8 Å². The lowest BCUT2D eigenvalue weighted by atomic mass is 10.2. The average molecular weight is 299 g/mol. The quantitative estimate of drug-likeness (QED) is 0.691. The van der Waals surface area contributed by atoms with Gasteiger partial charge in [-0.05, 0) is 18.1 Å². The van der Waals surface area contributed by atoms with E-state index in [9.17, 15) is 9.59 Å². The van der Waals surface area contributed by atoms with Crippen molar-refractivity contribution in [1.29, 1.82) is 0 Å². The molecule has 7 heteroatoms. The molecule has 1 aromatic heterocycles. The number of amides is 2. The molecule has 0 aromatic carbocycles. The van der Waals surface area contributed by atoms with Crippen molar-refractivity contribution < 1.29 is 9.59 Å². The monoisotopic (exact) mass is 298 g/mol. The Morgan fingerprint density at radius 1 is 1.30 bits per heavy atom. The van der Waals surface area contributed by atoms with Crippen molar-refractivity contribution in [1.82, 2.24) is 15.6 Å². The summed E-state index contributed by atoms with van der Waals surface area (Å²) in [5, 5.41) is 8.27. The van der Waals surface area contributed by atoms with Crippen LogP contribution in [0, 0.1) is 5.92 Å². The fraction of sp³-hybridized carbons (Fsp3) is 0.462. The second-order valence-electron chi connectivity index (χ2n) is 4.69. The van der Waals surface area contributed by atoms with Crippen LogP contribution in [0.2, 0.25) is 5.15 Å². The summed E-state index contributed by atoms with van der Waals surface area (Å²) in [7, 11) is 1.68. The van der Waals surface area contributed by atoms with Crippen molar-refractivity contribution >= 4 is 29.2 Å². The predicted octanol–water partition coefficient (Wildman–Crippen LogP) is 1.28. The summed E-state index contributed by atoms with van der Waals surface area (Å²) < 4.78 is 0. The van der Waals surface area contributed by atoms with Gasteiger partial charge in [0.15, 0.2) is 0 Å². The average Bonchev–Trinajstić information content (AvgIpc) is 2.41. The van der Waals surface area contributed by atoms with Gasteiger partial charge < -0.3 is 16.0 Å². The molecule has 20 heavy (non-hydrogen) atoms. The van der Waals surface area contributed by atoms with E-state index < -0.39 is 0 Å². The number of nitrogens with one attached hydrogen (secondary N) is 3. The molecular weight excluding hydrogens is 280 g/mol. The highest BCUT2D eigenvalue weighted by Crippen LogP contribution is 2.13. The number of rotatable bonds is 6. The van der Waals surface area contributed by atoms with Crippen LogP contribution in [0.15, 0.2) is 12.1 Å². The molecule has 0 bridgehead atoms. The maximum Gasteiger partial charge on any atom is 0.251 e. The van der Waals surface area contributed by atoms with E-state index in [1.807, 2.05) is 13.8 Å². The maximum absolute atomic E-state index is 11.9. The number of nitrogens with zero attached hydrogens (tertiary/aromatic N) is 1. The van der Waals surface area contributed by atoms with Crippen molar-refractivity contribution in [2.24, 2.45) is 5.92 Å². The Labute approximate surface area is 123 Å². The number of halogens is 1. The number of anilines is 1. The van der Waals surface area contributed by atoms with Crippen LogP contribution in [0.5, 0.6) is 0 Å². The third kappa shape index (κ3) is 5.44. The number of carbonyl (C=O) groups is 2. The summed E-state index contributed by atoms with van der Waals surface area (Å²) in [6.07, 6.45) is 0. The minimum Gasteiger partial charge on any atom is -0.373 e. The molecule has 0 aliphatic heterocycles. The van der Waals surface area contributed by atoms with Gasteiger partial charge in [-0.1, -0.05) is 25.4 Å². The number of hydrogen-bond donors (Lipinski definition) is 3. The molecule has 0 radical (unpaired) electrons. The van der Waals surface area contributed by atoms with Gasteiger partial charge in [-0.25, -0.2) is 4.98 Å². The minimum atomic E-state index is -0.370. The fourth-order valence-corrected chi connectivity index (χ4v) is 1.61. The van der Waals surface area contributed by atoms with Gasteiger partial charge in [0.2, 0.25) is 5.91 Å². The molecular formula is C13H19ClN4O2. The van der Waals surface area contributed by atoms with E-state index in [-0.39, 0.29) is 23.5 Å². The topological polar surface area (TPSA) is 83.1 Å². The summed E-state index contributed by atoms with van der Waals surface area (Å²) in [5.41, 5.74) is 0.353. The molecule has 0 unspecified atom stereocenters. The van der Waals surface area contributed by atoms with Crippen molar-refractivity contribution in [3.8, 4) is 0 Å². The van der Waals surface area contributed by atoms with Gasteiger partial charge in [0.05, 0.1) is 6.54 Å². The van der Waals surface area contributed by atoms with E-state index in [4.69, 9.17) is 11.6 Å². The molecule has 0 spiro atoms. The summed E-state index contributed by atoms with van der Waals surface area (Å²) >= 11 is 5.81. The zero-order valence-corrected chi connectivity index (χ0v) is 12.5. The molecule has 0 atom stereocenters. The van der Waals surface area contributed by atoms with E-state index in [1.54, 1.807) is 13.1 Å². The number of carbonyl (C=O) groups excluding carboxylic acids is 2. The van der Waals surface area contributed by atoms with Crippen LogP contribution in [-0.4, -0.2) is 36.9 Å². The van der Waals surface area contributed by atoms with Crippen LogP contribution in [-0.2, 0) is 4.79 Å². The summed E-state index contributed by atoms with van der Waals surface area (Å²) in [5.74, 6) is 0.269. The van der Waals surface area contributed by atoms with Gasteiger partial charge in [0.1, 0.15) is 11.0 Å². The second-order valence-corrected chi connectivity index (χ2v) is 5.08. The Hall–Kier alpha value is -1.82. The Balaban J connectivity index is 2.54. The van der Waals surface area contributed by atoms with Crippen molar-refractivity contribution in [2.45, 2.75) is 13.8 Å². The lowest BCUT2D eigenvalue weighted by molar-refractivity contribution is -0.120. The van der Waals surface area contributed by atoms with Crippen molar-refractivity contribution in [3.63, 3.8) is 0 Å². The predicted molar refractivity (Wildman–Crippen MR) is 79.0 cm³/mol. The molecule has 0 fully saturated rings. The number of pyridine rings is 1. The van der Waals surface area contributed by atoms with Crippen LogP contribution in [0.1, 0.15) is 24.2 Å². The first-order valence-electron chi connectivity index (χ1n) is 6.32. The van der Waals surface area contributed by atoms with E-state index >= 15 is 0 Å². The van der Waals surface area contributed by atoms with Crippen LogP contribution in [0.3, 0.4) is 0 Å². The first kappa shape index (κ1) is 16.2. The second kappa shape index (κ2) is 7.69. The number of aromatic nitrogens is 1. The van der Waals surface area contributed by atoms with Gasteiger partial charge in [0.25, 0.3) is 5.91 Å². The van der Waals surface area contributed by atoms with Crippen molar-refractivity contribution in [2.75, 3.05) is 25.5 Å². The molecule has 3 N–H and O–H groups in total. The van der Waals surface area contributed by atoms with Crippen LogP contribution < -0.4 is 16.0 Å². The van der Waals surface area contributed by atoms with Crippen LogP contribution >= 0.6 is 11.6 Å². The summed E-state index contributed by atoms with van der Waals surface area (Å²) in [6, 6.07) is 3.01. The first-order chi connectivity index (χ1) is 9.42. The van der Waals surface area contributed by atoms with Crippen molar-refractivity contribution in [3.05, 3.63) is 22.8 Å². The molecule has 0 aliphatic rings. The first-order valence-corrected chi connectivity index (χ1v) is 6.70. The van der Waals surface area contributed by atoms with Gasteiger partial charge in [-0.2, -0.15) is 0 Å². The van der Waals surface area contributed by atoms with Gasteiger partial charge >= 0.3 is 0 Å². The normalized spacial score (nSPS) is 10.2.